The van der Waals surface area contributed by atoms with Crippen LogP contribution in [0.5, 0.6) is 0 Å². The average molecular weight is 427 g/mol. The summed E-state index contributed by atoms with van der Waals surface area (Å²) < 4.78 is 27.6. The van der Waals surface area contributed by atoms with E-state index in [1.165, 1.54) is 27.8 Å². The summed E-state index contributed by atoms with van der Waals surface area (Å²) in [5, 5.41) is 11.6. The van der Waals surface area contributed by atoms with Gasteiger partial charge in [0.2, 0.25) is 15.2 Å². The first-order chi connectivity index (χ1) is 12.9. The van der Waals surface area contributed by atoms with Gasteiger partial charge in [-0.15, -0.1) is 10.2 Å². The molecule has 27 heavy (non-hydrogen) atoms. The van der Waals surface area contributed by atoms with E-state index < -0.39 is 15.9 Å². The molecule has 1 N–H and O–H groups in total. The predicted molar refractivity (Wildman–Crippen MR) is 108 cm³/mol. The Bertz CT molecular complexity index is 908. The number of carbonyl (C=O) groups is 1. The number of rotatable bonds is 7. The lowest BCUT2D eigenvalue weighted by Gasteiger charge is -2.15. The summed E-state index contributed by atoms with van der Waals surface area (Å²) >= 11 is 2.93. The molecule has 1 amide bonds. The molecular weight excluding hydrogens is 404 g/mol. The van der Waals surface area contributed by atoms with Gasteiger partial charge in [-0.05, 0) is 37.5 Å². The van der Waals surface area contributed by atoms with Gasteiger partial charge in [-0.1, -0.05) is 43.0 Å². The van der Waals surface area contributed by atoms with Crippen molar-refractivity contribution in [3.8, 4) is 0 Å². The number of benzene rings is 1. The van der Waals surface area contributed by atoms with Crippen LogP contribution in [-0.4, -0.2) is 47.2 Å². The van der Waals surface area contributed by atoms with Gasteiger partial charge in [0.1, 0.15) is 0 Å². The van der Waals surface area contributed by atoms with E-state index in [-0.39, 0.29) is 10.5 Å². The van der Waals surface area contributed by atoms with Crippen LogP contribution < -0.4 is 5.32 Å². The van der Waals surface area contributed by atoms with Crippen molar-refractivity contribution in [3.05, 3.63) is 29.8 Å². The van der Waals surface area contributed by atoms with Crippen LogP contribution in [0, 0.1) is 0 Å². The summed E-state index contributed by atoms with van der Waals surface area (Å²) in [6, 6.07) is 6.12. The van der Waals surface area contributed by atoms with Crippen LogP contribution in [0.3, 0.4) is 0 Å². The van der Waals surface area contributed by atoms with Gasteiger partial charge in [0.05, 0.1) is 4.90 Å². The summed E-state index contributed by atoms with van der Waals surface area (Å²) in [6.07, 6.45) is 2.76. The molecule has 1 aromatic heterocycles. The second-order valence-corrected chi connectivity index (χ2v) is 10.9. The molecule has 7 nitrogen and oxygen atoms in total. The molecule has 2 heterocycles. The lowest BCUT2D eigenvalue weighted by atomic mass is 10.2. The van der Waals surface area contributed by atoms with Crippen LogP contribution in [0.25, 0.3) is 0 Å². The third-order valence-corrected chi connectivity index (χ3v) is 8.39. The molecule has 146 valence electrons. The smallest absolute Gasteiger partial charge is 0.257 e. The third kappa shape index (κ3) is 4.87. The molecule has 1 unspecified atom stereocenters. The number of nitrogens with zero attached hydrogens (tertiary/aromatic N) is 3. The molecule has 3 rings (SSSR count). The Morgan fingerprint density at radius 2 is 2.07 bits per heavy atom. The molecule has 1 atom stereocenters. The number of nitrogens with one attached hydrogen (secondary N) is 1. The largest absolute Gasteiger partial charge is 0.296 e. The maximum atomic E-state index is 12.7. The zero-order valence-corrected chi connectivity index (χ0v) is 17.7. The Hall–Kier alpha value is -1.49. The Kier molecular flexibility index (Phi) is 6.51. The first-order valence-electron chi connectivity index (χ1n) is 8.82. The van der Waals surface area contributed by atoms with E-state index in [1.807, 2.05) is 0 Å². The fraction of sp³-hybridized carbons (Fsp3) is 0.471. The number of anilines is 1. The number of aromatic nitrogens is 2. The van der Waals surface area contributed by atoms with Gasteiger partial charge in [-0.25, -0.2) is 8.42 Å². The monoisotopic (exact) mass is 426 g/mol. The Morgan fingerprint density at radius 3 is 2.78 bits per heavy atom. The van der Waals surface area contributed by atoms with Crippen LogP contribution in [0.1, 0.15) is 43.5 Å². The van der Waals surface area contributed by atoms with Crippen LogP contribution in [0.2, 0.25) is 0 Å². The van der Waals surface area contributed by atoms with Gasteiger partial charge in [0.25, 0.3) is 5.91 Å². The van der Waals surface area contributed by atoms with Gasteiger partial charge in [0.15, 0.2) is 4.34 Å². The number of thioether (sulfide) groups is 1. The molecular formula is C17H22N4O3S3. The van der Waals surface area contributed by atoms with Crippen molar-refractivity contribution in [2.45, 2.75) is 47.6 Å². The molecule has 10 heteroatoms. The first kappa shape index (κ1) is 20.2. The summed E-state index contributed by atoms with van der Waals surface area (Å²) in [5.74, 6) is -0.398. The number of amides is 1. The summed E-state index contributed by atoms with van der Waals surface area (Å²) in [6.45, 7) is 5.27. The van der Waals surface area contributed by atoms with E-state index in [2.05, 4.69) is 29.4 Å². The third-order valence-electron chi connectivity index (χ3n) is 4.30. The Morgan fingerprint density at radius 1 is 1.33 bits per heavy atom. The van der Waals surface area contributed by atoms with Gasteiger partial charge < -0.3 is 0 Å². The highest BCUT2D eigenvalue weighted by atomic mass is 32.2. The van der Waals surface area contributed by atoms with E-state index in [4.69, 9.17) is 0 Å². The number of hydrogen-bond donors (Lipinski definition) is 1. The van der Waals surface area contributed by atoms with Crippen LogP contribution in [-0.2, 0) is 10.0 Å². The molecule has 0 saturated carbocycles. The molecule has 0 aliphatic carbocycles. The topological polar surface area (TPSA) is 92.3 Å². The normalized spacial score (nSPS) is 16.4. The molecule has 1 aliphatic rings. The van der Waals surface area contributed by atoms with Crippen LogP contribution >= 0.6 is 23.1 Å². The molecule has 1 fully saturated rings. The van der Waals surface area contributed by atoms with Crippen molar-refractivity contribution in [1.29, 1.82) is 0 Å². The van der Waals surface area contributed by atoms with Crippen molar-refractivity contribution in [3.63, 3.8) is 0 Å². The quantitative estimate of drug-likeness (QED) is 0.538. The van der Waals surface area contributed by atoms with E-state index in [0.29, 0.717) is 23.5 Å². The van der Waals surface area contributed by atoms with E-state index in [9.17, 15) is 13.2 Å². The molecule has 0 spiro atoms. The molecule has 1 aliphatic heterocycles. The van der Waals surface area contributed by atoms with E-state index in [0.717, 1.165) is 23.6 Å². The van der Waals surface area contributed by atoms with Gasteiger partial charge in [-0.2, -0.15) is 4.31 Å². The fourth-order valence-corrected chi connectivity index (χ4v) is 6.16. The number of sulfonamides is 1. The molecule has 1 saturated heterocycles. The first-order valence-corrected chi connectivity index (χ1v) is 12.0. The SMILES string of the molecule is CCC(C)Sc1nnc(NC(=O)c2cccc(S(=O)(=O)N3CCCC3)c2)s1. The Balaban J connectivity index is 1.72. The van der Waals surface area contributed by atoms with Crippen molar-refractivity contribution >= 4 is 44.2 Å². The zero-order valence-electron chi connectivity index (χ0n) is 15.2. The highest BCUT2D eigenvalue weighted by Crippen LogP contribution is 2.30. The Labute approximate surface area is 167 Å². The minimum Gasteiger partial charge on any atom is -0.296 e. The maximum absolute atomic E-state index is 12.7. The summed E-state index contributed by atoms with van der Waals surface area (Å²) in [5.41, 5.74) is 0.279. The fourth-order valence-electron chi connectivity index (χ4n) is 2.61. The molecule has 2 aromatic rings. The van der Waals surface area contributed by atoms with Crippen molar-refractivity contribution in [2.75, 3.05) is 18.4 Å². The standard InChI is InChI=1S/C17H22N4O3S3/c1-3-12(2)25-17-20-19-16(26-17)18-15(22)13-7-6-8-14(11-13)27(23,24)21-9-4-5-10-21/h6-8,11-12H,3-5,9-10H2,1-2H3,(H,18,19,22). The highest BCUT2D eigenvalue weighted by Gasteiger charge is 2.27. The minimum atomic E-state index is -3.56. The highest BCUT2D eigenvalue weighted by molar-refractivity contribution is 8.01. The average Bonchev–Trinajstić information content (AvgIpc) is 3.34. The number of hydrogen-bond acceptors (Lipinski definition) is 7. The van der Waals surface area contributed by atoms with E-state index in [1.54, 1.807) is 23.9 Å². The lowest BCUT2D eigenvalue weighted by Crippen LogP contribution is -2.28. The zero-order chi connectivity index (χ0) is 19.4. The summed E-state index contributed by atoms with van der Waals surface area (Å²) in [7, 11) is -3.56. The second-order valence-electron chi connectivity index (χ2n) is 6.30. The maximum Gasteiger partial charge on any atom is 0.257 e. The number of carbonyl (C=O) groups excluding carboxylic acids is 1. The van der Waals surface area contributed by atoms with Gasteiger partial charge in [0, 0.05) is 23.9 Å². The van der Waals surface area contributed by atoms with Gasteiger partial charge in [-0.3, -0.25) is 10.1 Å². The van der Waals surface area contributed by atoms with E-state index >= 15 is 0 Å². The van der Waals surface area contributed by atoms with Gasteiger partial charge >= 0.3 is 0 Å². The van der Waals surface area contributed by atoms with Crippen molar-refractivity contribution in [2.24, 2.45) is 0 Å². The molecule has 0 bridgehead atoms. The van der Waals surface area contributed by atoms with Crippen LogP contribution in [0.15, 0.2) is 33.5 Å². The van der Waals surface area contributed by atoms with Crippen molar-refractivity contribution in [1.82, 2.24) is 14.5 Å². The molecule has 1 aromatic carbocycles. The van der Waals surface area contributed by atoms with Crippen molar-refractivity contribution < 1.29 is 13.2 Å². The molecule has 0 radical (unpaired) electrons. The lowest BCUT2D eigenvalue weighted by molar-refractivity contribution is 0.102. The second kappa shape index (κ2) is 8.68. The minimum absolute atomic E-state index is 0.141. The summed E-state index contributed by atoms with van der Waals surface area (Å²) in [4.78, 5) is 12.7. The predicted octanol–water partition coefficient (Wildman–Crippen LogP) is 3.47. The van der Waals surface area contributed by atoms with Crippen LogP contribution in [0.4, 0.5) is 5.13 Å².